The molecule has 0 saturated carbocycles. The molecule has 2 heterocycles. The third kappa shape index (κ3) is 3.38. The molecule has 2 aromatic heterocycles. The third-order valence-electron chi connectivity index (χ3n) is 2.98. The van der Waals surface area contributed by atoms with Crippen LogP contribution in [0.4, 0.5) is 4.39 Å². The van der Waals surface area contributed by atoms with E-state index in [0.717, 1.165) is 17.9 Å². The molecule has 2 atom stereocenters. The fourth-order valence-electron chi connectivity index (χ4n) is 1.95. The molecular formula is C14H18FN3O. The van der Waals surface area contributed by atoms with E-state index in [1.54, 1.807) is 12.3 Å². The second-order valence-corrected chi connectivity index (χ2v) is 4.56. The molecule has 0 aliphatic heterocycles. The highest BCUT2D eigenvalue weighted by Crippen LogP contribution is 2.20. The summed E-state index contributed by atoms with van der Waals surface area (Å²) in [5.74, 6) is 1.12. The third-order valence-corrected chi connectivity index (χ3v) is 2.98. The molecular weight excluding hydrogens is 245 g/mol. The summed E-state index contributed by atoms with van der Waals surface area (Å²) in [5, 5.41) is 3.39. The van der Waals surface area contributed by atoms with Crippen LogP contribution in [0.1, 0.15) is 49.7 Å². The molecule has 4 nitrogen and oxygen atoms in total. The van der Waals surface area contributed by atoms with Crippen LogP contribution < -0.4 is 5.32 Å². The van der Waals surface area contributed by atoms with Crippen molar-refractivity contribution in [1.29, 1.82) is 0 Å². The average Bonchev–Trinajstić information content (AvgIpc) is 2.84. The number of aromatic nitrogens is 2. The van der Waals surface area contributed by atoms with E-state index >= 15 is 0 Å². The van der Waals surface area contributed by atoms with Crippen molar-refractivity contribution >= 4 is 0 Å². The Kier molecular flexibility index (Phi) is 4.27. The minimum atomic E-state index is -0.324. The van der Waals surface area contributed by atoms with Crippen molar-refractivity contribution in [2.75, 3.05) is 0 Å². The molecule has 2 rings (SSSR count). The fourth-order valence-corrected chi connectivity index (χ4v) is 1.95. The first kappa shape index (κ1) is 13.7. The Bertz CT molecular complexity index is 524. The molecule has 0 fully saturated rings. The molecule has 0 aromatic carbocycles. The zero-order valence-electron chi connectivity index (χ0n) is 11.4. The van der Waals surface area contributed by atoms with Crippen molar-refractivity contribution in [3.05, 3.63) is 47.7 Å². The lowest BCUT2D eigenvalue weighted by Crippen LogP contribution is -2.25. The first-order valence-electron chi connectivity index (χ1n) is 6.40. The summed E-state index contributed by atoms with van der Waals surface area (Å²) < 4.78 is 18.4. The maximum Gasteiger partial charge on any atom is 0.211 e. The molecule has 19 heavy (non-hydrogen) atoms. The molecule has 5 heteroatoms. The highest BCUT2D eigenvalue weighted by Gasteiger charge is 2.18. The van der Waals surface area contributed by atoms with Crippen LogP contribution in [0.3, 0.4) is 0 Å². The minimum absolute atomic E-state index is 0.0227. The van der Waals surface area contributed by atoms with Gasteiger partial charge in [-0.1, -0.05) is 6.92 Å². The van der Waals surface area contributed by atoms with E-state index in [1.807, 2.05) is 13.8 Å². The van der Waals surface area contributed by atoms with Gasteiger partial charge in [0.1, 0.15) is 11.6 Å². The van der Waals surface area contributed by atoms with E-state index in [-0.39, 0.29) is 17.9 Å². The van der Waals surface area contributed by atoms with E-state index in [1.165, 1.54) is 12.3 Å². The quantitative estimate of drug-likeness (QED) is 0.899. The summed E-state index contributed by atoms with van der Waals surface area (Å²) in [6.07, 6.45) is 3.78. The SMILES string of the molecule is CCC(NC(C)c1ncc(C)o1)c1ccc(F)cn1. The van der Waals surface area contributed by atoms with Gasteiger partial charge in [0.25, 0.3) is 0 Å². The van der Waals surface area contributed by atoms with Crippen molar-refractivity contribution in [1.82, 2.24) is 15.3 Å². The number of halogens is 1. The largest absolute Gasteiger partial charge is 0.444 e. The van der Waals surface area contributed by atoms with Gasteiger partial charge >= 0.3 is 0 Å². The topological polar surface area (TPSA) is 51.0 Å². The summed E-state index contributed by atoms with van der Waals surface area (Å²) in [6.45, 7) is 5.90. The van der Waals surface area contributed by atoms with Crippen LogP contribution in [-0.2, 0) is 0 Å². The standard InChI is InChI=1S/C14H18FN3O/c1-4-12(13-6-5-11(15)8-16-13)18-10(3)14-17-7-9(2)19-14/h5-8,10,12,18H,4H2,1-3H3. The van der Waals surface area contributed by atoms with Crippen LogP contribution in [0, 0.1) is 12.7 Å². The van der Waals surface area contributed by atoms with Gasteiger partial charge < -0.3 is 4.42 Å². The number of pyridine rings is 1. The summed E-state index contributed by atoms with van der Waals surface area (Å²) in [4.78, 5) is 8.31. The van der Waals surface area contributed by atoms with E-state index in [0.29, 0.717) is 5.89 Å². The average molecular weight is 263 g/mol. The Morgan fingerprint density at radius 3 is 2.63 bits per heavy atom. The fraction of sp³-hybridized carbons (Fsp3) is 0.429. The summed E-state index contributed by atoms with van der Waals surface area (Å²) in [6, 6.07) is 3.14. The normalized spacial score (nSPS) is 14.3. The molecule has 0 aliphatic carbocycles. The smallest absolute Gasteiger partial charge is 0.211 e. The van der Waals surface area contributed by atoms with Gasteiger partial charge in [-0.05, 0) is 32.4 Å². The Morgan fingerprint density at radius 1 is 1.32 bits per heavy atom. The molecule has 2 aromatic rings. The predicted octanol–water partition coefficient (Wildman–Crippen LogP) is 3.32. The van der Waals surface area contributed by atoms with Crippen molar-refractivity contribution in [2.24, 2.45) is 0 Å². The van der Waals surface area contributed by atoms with Crippen molar-refractivity contribution < 1.29 is 8.81 Å². The maximum absolute atomic E-state index is 12.9. The van der Waals surface area contributed by atoms with Crippen LogP contribution in [-0.4, -0.2) is 9.97 Å². The Hall–Kier alpha value is -1.75. The number of oxazole rings is 1. The number of aryl methyl sites for hydroxylation is 1. The summed E-state index contributed by atoms with van der Waals surface area (Å²) in [5.41, 5.74) is 0.819. The van der Waals surface area contributed by atoms with Gasteiger partial charge in [-0.2, -0.15) is 0 Å². The van der Waals surface area contributed by atoms with Gasteiger partial charge in [0.2, 0.25) is 5.89 Å². The van der Waals surface area contributed by atoms with Gasteiger partial charge in [0.05, 0.1) is 24.1 Å². The van der Waals surface area contributed by atoms with E-state index in [2.05, 4.69) is 22.2 Å². The van der Waals surface area contributed by atoms with E-state index < -0.39 is 0 Å². The molecule has 0 radical (unpaired) electrons. The number of nitrogens with zero attached hydrogens (tertiary/aromatic N) is 2. The highest BCUT2D eigenvalue weighted by atomic mass is 19.1. The highest BCUT2D eigenvalue weighted by molar-refractivity contribution is 5.10. The molecule has 0 aliphatic rings. The zero-order valence-corrected chi connectivity index (χ0v) is 11.4. The van der Waals surface area contributed by atoms with E-state index in [9.17, 15) is 4.39 Å². The second kappa shape index (κ2) is 5.93. The second-order valence-electron chi connectivity index (χ2n) is 4.56. The Labute approximate surface area is 112 Å². The van der Waals surface area contributed by atoms with Crippen LogP contribution in [0.2, 0.25) is 0 Å². The van der Waals surface area contributed by atoms with Crippen LogP contribution in [0.25, 0.3) is 0 Å². The number of rotatable bonds is 5. The lowest BCUT2D eigenvalue weighted by atomic mass is 10.1. The molecule has 0 spiro atoms. The molecule has 2 unspecified atom stereocenters. The molecule has 0 saturated heterocycles. The predicted molar refractivity (Wildman–Crippen MR) is 70.0 cm³/mol. The molecule has 1 N–H and O–H groups in total. The van der Waals surface area contributed by atoms with Crippen LogP contribution >= 0.6 is 0 Å². The van der Waals surface area contributed by atoms with Gasteiger partial charge in [-0.3, -0.25) is 10.3 Å². The first-order valence-corrected chi connectivity index (χ1v) is 6.40. The van der Waals surface area contributed by atoms with Crippen LogP contribution in [0.15, 0.2) is 28.9 Å². The van der Waals surface area contributed by atoms with Gasteiger partial charge in [-0.15, -0.1) is 0 Å². The molecule has 102 valence electrons. The lowest BCUT2D eigenvalue weighted by Gasteiger charge is -2.20. The first-order chi connectivity index (χ1) is 9.10. The number of hydrogen-bond donors (Lipinski definition) is 1. The van der Waals surface area contributed by atoms with Gasteiger partial charge in [0, 0.05) is 6.04 Å². The zero-order chi connectivity index (χ0) is 13.8. The van der Waals surface area contributed by atoms with Crippen LogP contribution in [0.5, 0.6) is 0 Å². The van der Waals surface area contributed by atoms with Crippen molar-refractivity contribution in [3.8, 4) is 0 Å². The van der Waals surface area contributed by atoms with Gasteiger partial charge in [0.15, 0.2) is 0 Å². The minimum Gasteiger partial charge on any atom is -0.444 e. The Morgan fingerprint density at radius 2 is 2.11 bits per heavy atom. The van der Waals surface area contributed by atoms with E-state index in [4.69, 9.17) is 4.42 Å². The van der Waals surface area contributed by atoms with Crippen molar-refractivity contribution in [2.45, 2.75) is 39.3 Å². The monoisotopic (exact) mass is 263 g/mol. The number of nitrogens with one attached hydrogen (secondary N) is 1. The maximum atomic E-state index is 12.9. The molecule has 0 bridgehead atoms. The Balaban J connectivity index is 2.08. The van der Waals surface area contributed by atoms with Gasteiger partial charge in [-0.25, -0.2) is 9.37 Å². The number of hydrogen-bond acceptors (Lipinski definition) is 4. The summed E-state index contributed by atoms with van der Waals surface area (Å²) >= 11 is 0. The van der Waals surface area contributed by atoms with Crippen molar-refractivity contribution in [3.63, 3.8) is 0 Å². The lowest BCUT2D eigenvalue weighted by molar-refractivity contribution is 0.364. The summed E-state index contributed by atoms with van der Waals surface area (Å²) in [7, 11) is 0. The molecule has 0 amide bonds.